The number of hydrogen-bond donors (Lipinski definition) is 0. The second-order valence-electron chi connectivity index (χ2n) is 10.2. The first-order valence-electron chi connectivity index (χ1n) is 13.1. The number of piperidine rings is 1. The van der Waals surface area contributed by atoms with Crippen molar-refractivity contribution in [3.8, 4) is 5.82 Å². The third-order valence-corrected chi connectivity index (χ3v) is 8.03. The van der Waals surface area contributed by atoms with Gasteiger partial charge in [0.2, 0.25) is 5.82 Å². The Labute approximate surface area is 201 Å². The maximum absolute atomic E-state index is 13.9. The molecule has 5 nitrogen and oxygen atoms in total. The van der Waals surface area contributed by atoms with Gasteiger partial charge in [0.1, 0.15) is 0 Å². The quantitative estimate of drug-likeness (QED) is 0.376. The van der Waals surface area contributed by atoms with E-state index in [0.717, 1.165) is 53.8 Å². The SMILES string of the molecule is O=c1c(-n2cc3ccccc3c2)nc2ccccc2n1C1CCN(C2CCCCCCC2)CC1. The van der Waals surface area contributed by atoms with Crippen molar-refractivity contribution in [1.82, 2.24) is 19.0 Å². The summed E-state index contributed by atoms with van der Waals surface area (Å²) in [5.41, 5.74) is 1.86. The van der Waals surface area contributed by atoms with Crippen molar-refractivity contribution in [2.24, 2.45) is 0 Å². The summed E-state index contributed by atoms with van der Waals surface area (Å²) in [5, 5.41) is 2.24. The van der Waals surface area contributed by atoms with Gasteiger partial charge in [-0.25, -0.2) is 4.98 Å². The highest BCUT2D eigenvalue weighted by Crippen LogP contribution is 2.30. The van der Waals surface area contributed by atoms with Crippen LogP contribution < -0.4 is 5.56 Å². The second-order valence-corrected chi connectivity index (χ2v) is 10.2. The lowest BCUT2D eigenvalue weighted by molar-refractivity contribution is 0.116. The van der Waals surface area contributed by atoms with Crippen molar-refractivity contribution in [2.75, 3.05) is 13.1 Å². The molecule has 0 amide bonds. The van der Waals surface area contributed by atoms with E-state index in [1.54, 1.807) is 0 Å². The molecule has 0 radical (unpaired) electrons. The fourth-order valence-electron chi connectivity index (χ4n) is 6.19. The number of nitrogens with zero attached hydrogens (tertiary/aromatic N) is 4. The molecule has 6 rings (SSSR count). The van der Waals surface area contributed by atoms with Gasteiger partial charge in [0.15, 0.2) is 0 Å². The molecule has 2 fully saturated rings. The highest BCUT2D eigenvalue weighted by atomic mass is 16.1. The summed E-state index contributed by atoms with van der Waals surface area (Å²) < 4.78 is 3.97. The fourth-order valence-corrected chi connectivity index (χ4v) is 6.19. The minimum atomic E-state index is 0.0170. The molecule has 1 saturated carbocycles. The molecule has 2 aliphatic rings. The summed E-state index contributed by atoms with van der Waals surface area (Å²) in [6.07, 6.45) is 15.7. The van der Waals surface area contributed by atoms with Gasteiger partial charge in [-0.15, -0.1) is 0 Å². The van der Waals surface area contributed by atoms with E-state index in [4.69, 9.17) is 4.98 Å². The number of fused-ring (bicyclic) bond motifs is 2. The molecule has 0 bridgehead atoms. The van der Waals surface area contributed by atoms with E-state index < -0.39 is 0 Å². The molecule has 3 heterocycles. The van der Waals surface area contributed by atoms with E-state index in [-0.39, 0.29) is 11.6 Å². The average molecular weight is 455 g/mol. The van der Waals surface area contributed by atoms with Gasteiger partial charge in [-0.3, -0.25) is 4.79 Å². The van der Waals surface area contributed by atoms with E-state index in [1.165, 1.54) is 44.9 Å². The number of aromatic nitrogens is 3. The first-order valence-corrected chi connectivity index (χ1v) is 13.1. The number of hydrogen-bond acceptors (Lipinski definition) is 3. The van der Waals surface area contributed by atoms with Crippen LogP contribution in [0.1, 0.15) is 63.8 Å². The molecule has 1 aliphatic heterocycles. The van der Waals surface area contributed by atoms with Crippen molar-refractivity contribution < 1.29 is 0 Å². The zero-order chi connectivity index (χ0) is 22.9. The zero-order valence-electron chi connectivity index (χ0n) is 19.9. The van der Waals surface area contributed by atoms with E-state index in [9.17, 15) is 4.79 Å². The first-order chi connectivity index (χ1) is 16.8. The molecule has 4 aromatic rings. The van der Waals surface area contributed by atoms with Crippen LogP contribution in [0, 0.1) is 0 Å². The summed E-state index contributed by atoms with van der Waals surface area (Å²) in [4.78, 5) is 21.4. The Kier molecular flexibility index (Phi) is 5.96. The minimum absolute atomic E-state index is 0.0170. The molecule has 34 heavy (non-hydrogen) atoms. The van der Waals surface area contributed by atoms with Gasteiger partial charge in [-0.1, -0.05) is 68.5 Å². The molecule has 0 spiro atoms. The third kappa shape index (κ3) is 4.07. The van der Waals surface area contributed by atoms with E-state index in [1.807, 2.05) is 47.3 Å². The van der Waals surface area contributed by atoms with E-state index in [2.05, 4.69) is 27.7 Å². The van der Waals surface area contributed by atoms with Crippen molar-refractivity contribution in [3.63, 3.8) is 0 Å². The predicted molar refractivity (Wildman–Crippen MR) is 139 cm³/mol. The summed E-state index contributed by atoms with van der Waals surface area (Å²) in [5.74, 6) is 0.498. The lowest BCUT2D eigenvalue weighted by Crippen LogP contribution is -2.43. The third-order valence-electron chi connectivity index (χ3n) is 8.03. The van der Waals surface area contributed by atoms with Gasteiger partial charge in [0, 0.05) is 37.6 Å². The molecule has 0 N–H and O–H groups in total. The second kappa shape index (κ2) is 9.38. The monoisotopic (exact) mass is 454 g/mol. The van der Waals surface area contributed by atoms with E-state index >= 15 is 0 Å². The number of rotatable bonds is 3. The normalized spacial score (nSPS) is 19.4. The van der Waals surface area contributed by atoms with Crippen LogP contribution in [-0.4, -0.2) is 38.1 Å². The molecule has 176 valence electrons. The van der Waals surface area contributed by atoms with Crippen molar-refractivity contribution in [1.29, 1.82) is 0 Å². The number of para-hydroxylation sites is 2. The topological polar surface area (TPSA) is 43.1 Å². The Morgan fingerprint density at radius 3 is 2.03 bits per heavy atom. The van der Waals surface area contributed by atoms with Crippen LogP contribution in [0.4, 0.5) is 0 Å². The van der Waals surface area contributed by atoms with Crippen LogP contribution in [0.5, 0.6) is 0 Å². The smallest absolute Gasteiger partial charge is 0.294 e. The molecule has 1 saturated heterocycles. The molecule has 5 heteroatoms. The highest BCUT2D eigenvalue weighted by molar-refractivity contribution is 5.83. The predicted octanol–water partition coefficient (Wildman–Crippen LogP) is 6.09. The first kappa shape index (κ1) is 21.6. The van der Waals surface area contributed by atoms with Gasteiger partial charge in [0.05, 0.1) is 11.0 Å². The summed E-state index contributed by atoms with van der Waals surface area (Å²) in [7, 11) is 0. The molecular formula is C29H34N4O. The standard InChI is InChI=1S/C29H34N4O/c34-29-28(32-20-22-10-6-7-11-23(22)21-32)30-26-14-8-9-15-27(26)33(29)25-16-18-31(19-17-25)24-12-4-2-1-3-5-13-24/h6-11,14-15,20-21,24-25H,1-5,12-13,16-19H2. The van der Waals surface area contributed by atoms with Gasteiger partial charge in [-0.05, 0) is 48.6 Å². The fraction of sp³-hybridized carbons (Fsp3) is 0.448. The lowest BCUT2D eigenvalue weighted by Gasteiger charge is -2.39. The van der Waals surface area contributed by atoms with Gasteiger partial charge in [0.25, 0.3) is 5.56 Å². The summed E-state index contributed by atoms with van der Waals surface area (Å²) >= 11 is 0. The zero-order valence-corrected chi connectivity index (χ0v) is 19.9. The van der Waals surface area contributed by atoms with Crippen LogP contribution >= 0.6 is 0 Å². The van der Waals surface area contributed by atoms with Crippen LogP contribution in [0.2, 0.25) is 0 Å². The summed E-state index contributed by atoms with van der Waals surface area (Å²) in [6, 6.07) is 17.3. The maximum atomic E-state index is 13.9. The van der Waals surface area contributed by atoms with Gasteiger partial charge >= 0.3 is 0 Å². The highest BCUT2D eigenvalue weighted by Gasteiger charge is 2.28. The molecular weight excluding hydrogens is 420 g/mol. The van der Waals surface area contributed by atoms with Crippen LogP contribution in [-0.2, 0) is 0 Å². The Morgan fingerprint density at radius 2 is 1.32 bits per heavy atom. The van der Waals surface area contributed by atoms with Crippen molar-refractivity contribution in [2.45, 2.75) is 69.9 Å². The van der Waals surface area contributed by atoms with Crippen LogP contribution in [0.3, 0.4) is 0 Å². The average Bonchev–Trinajstić information content (AvgIpc) is 3.28. The molecule has 1 aliphatic carbocycles. The number of likely N-dealkylation sites (tertiary alicyclic amines) is 1. The minimum Gasteiger partial charge on any atom is -0.303 e. The Morgan fingerprint density at radius 1 is 0.706 bits per heavy atom. The molecule has 2 aromatic carbocycles. The van der Waals surface area contributed by atoms with Crippen molar-refractivity contribution >= 4 is 21.8 Å². The molecule has 0 unspecified atom stereocenters. The van der Waals surface area contributed by atoms with E-state index in [0.29, 0.717) is 5.82 Å². The van der Waals surface area contributed by atoms with Crippen molar-refractivity contribution in [3.05, 3.63) is 71.3 Å². The molecule has 2 aromatic heterocycles. The van der Waals surface area contributed by atoms with Crippen LogP contribution in [0.15, 0.2) is 65.7 Å². The summed E-state index contributed by atoms with van der Waals surface area (Å²) in [6.45, 7) is 2.17. The Hall–Kier alpha value is -2.92. The largest absolute Gasteiger partial charge is 0.303 e. The maximum Gasteiger partial charge on any atom is 0.294 e. The Balaban J connectivity index is 1.33. The van der Waals surface area contributed by atoms with Gasteiger partial charge < -0.3 is 14.0 Å². The Bertz CT molecular complexity index is 1300. The number of benzene rings is 2. The lowest BCUT2D eigenvalue weighted by atomic mass is 9.93. The molecule has 0 atom stereocenters. The van der Waals surface area contributed by atoms with Crippen LogP contribution in [0.25, 0.3) is 27.6 Å². The van der Waals surface area contributed by atoms with Gasteiger partial charge in [-0.2, -0.15) is 0 Å².